The molecule has 1 aromatic carbocycles. The number of nitrogens with zero attached hydrogens (tertiary/aromatic N) is 1. The maximum atomic E-state index is 12.8. The van der Waals surface area contributed by atoms with E-state index in [0.29, 0.717) is 17.3 Å². The van der Waals surface area contributed by atoms with Crippen LogP contribution in [0, 0.1) is 6.92 Å². The van der Waals surface area contributed by atoms with Crippen LogP contribution in [-0.4, -0.2) is 31.6 Å². The van der Waals surface area contributed by atoms with Crippen molar-refractivity contribution in [1.29, 1.82) is 0 Å². The van der Waals surface area contributed by atoms with Crippen molar-refractivity contribution in [2.75, 3.05) is 18.8 Å². The van der Waals surface area contributed by atoms with Crippen LogP contribution in [0.2, 0.25) is 5.02 Å². The smallest absolute Gasteiger partial charge is 0.206 e. The summed E-state index contributed by atoms with van der Waals surface area (Å²) in [6.45, 7) is 3.00. The van der Waals surface area contributed by atoms with E-state index in [9.17, 15) is 8.42 Å². The molecule has 1 saturated heterocycles. The Labute approximate surface area is 150 Å². The summed E-state index contributed by atoms with van der Waals surface area (Å²) >= 11 is 9.41. The molecule has 3 nitrogen and oxygen atoms in total. The van der Waals surface area contributed by atoms with E-state index in [1.54, 1.807) is 22.1 Å². The monoisotopic (exact) mass is 387 g/mol. The molecule has 7 heteroatoms. The minimum absolute atomic E-state index is 0.244. The van der Waals surface area contributed by atoms with Gasteiger partial charge in [0.05, 0.1) is 0 Å². The minimum Gasteiger partial charge on any atom is -0.206 e. The van der Waals surface area contributed by atoms with Crippen LogP contribution in [0.3, 0.4) is 0 Å². The molecule has 1 aliphatic rings. The van der Waals surface area contributed by atoms with Crippen molar-refractivity contribution in [1.82, 2.24) is 4.31 Å². The van der Waals surface area contributed by atoms with Gasteiger partial charge in [0, 0.05) is 34.0 Å². The lowest BCUT2D eigenvalue weighted by atomic mass is 10.1. The van der Waals surface area contributed by atoms with Gasteiger partial charge in [0.25, 0.3) is 10.0 Å². The maximum Gasteiger partial charge on any atom is 0.252 e. The Hall–Kier alpha value is -0.530. The molecular weight excluding hydrogens is 370 g/mol. The van der Waals surface area contributed by atoms with Gasteiger partial charge in [0.15, 0.2) is 0 Å². The second-order valence-electron chi connectivity index (χ2n) is 5.44. The molecule has 124 valence electrons. The molecule has 0 aliphatic carbocycles. The lowest BCUT2D eigenvalue weighted by Crippen LogP contribution is -2.32. The summed E-state index contributed by atoms with van der Waals surface area (Å²) in [5.74, 6) is 0.777. The molecule has 2 aromatic rings. The molecule has 23 heavy (non-hydrogen) atoms. The molecule has 2 heterocycles. The van der Waals surface area contributed by atoms with Crippen molar-refractivity contribution >= 4 is 44.7 Å². The minimum atomic E-state index is -3.37. The van der Waals surface area contributed by atoms with E-state index in [1.165, 1.54) is 11.3 Å². The van der Waals surface area contributed by atoms with Crippen LogP contribution in [-0.2, 0) is 10.0 Å². The van der Waals surface area contributed by atoms with Crippen LogP contribution in [0.4, 0.5) is 0 Å². The van der Waals surface area contributed by atoms with E-state index in [1.807, 2.05) is 37.3 Å². The Morgan fingerprint density at radius 1 is 1.17 bits per heavy atom. The first-order valence-electron chi connectivity index (χ1n) is 7.41. The second-order valence-corrected chi connectivity index (χ2v) is 10.6. The van der Waals surface area contributed by atoms with E-state index in [0.717, 1.165) is 27.6 Å². The van der Waals surface area contributed by atoms with Gasteiger partial charge < -0.3 is 0 Å². The molecule has 1 atom stereocenters. The summed E-state index contributed by atoms with van der Waals surface area (Å²) in [5.41, 5.74) is 1.10. The first-order valence-corrected chi connectivity index (χ1v) is 11.1. The molecule has 0 radical (unpaired) electrons. The van der Waals surface area contributed by atoms with Crippen molar-refractivity contribution < 1.29 is 8.42 Å². The SMILES string of the molecule is Cc1ccc(S(=O)(=O)N2CCSC(c3ccccc3Cl)CC2)s1. The molecule has 0 spiro atoms. The van der Waals surface area contributed by atoms with Crippen molar-refractivity contribution in [3.05, 3.63) is 51.9 Å². The first kappa shape index (κ1) is 17.3. The van der Waals surface area contributed by atoms with Crippen LogP contribution < -0.4 is 0 Å². The molecule has 1 unspecified atom stereocenters. The van der Waals surface area contributed by atoms with Gasteiger partial charge in [-0.05, 0) is 37.1 Å². The van der Waals surface area contributed by atoms with Gasteiger partial charge >= 0.3 is 0 Å². The third-order valence-corrected chi connectivity index (χ3v) is 8.88. The van der Waals surface area contributed by atoms with Gasteiger partial charge in [-0.2, -0.15) is 16.1 Å². The molecular formula is C16H18ClNO2S3. The largest absolute Gasteiger partial charge is 0.252 e. The van der Waals surface area contributed by atoms with Crippen molar-refractivity contribution in [3.8, 4) is 0 Å². The molecule has 1 aliphatic heterocycles. The van der Waals surface area contributed by atoms with E-state index in [2.05, 4.69) is 0 Å². The molecule has 0 bridgehead atoms. The highest BCUT2D eigenvalue weighted by molar-refractivity contribution is 7.99. The van der Waals surface area contributed by atoms with Crippen molar-refractivity contribution in [2.24, 2.45) is 0 Å². The van der Waals surface area contributed by atoms with E-state index < -0.39 is 10.0 Å². The van der Waals surface area contributed by atoms with Gasteiger partial charge in [-0.15, -0.1) is 11.3 Å². The van der Waals surface area contributed by atoms with Crippen LogP contribution in [0.1, 0.15) is 22.1 Å². The summed E-state index contributed by atoms with van der Waals surface area (Å²) < 4.78 is 27.6. The Balaban J connectivity index is 1.78. The predicted octanol–water partition coefficient (Wildman–Crippen LogP) is 4.58. The number of hydrogen-bond acceptors (Lipinski definition) is 4. The Bertz CT molecular complexity index is 788. The Kier molecular flexibility index (Phi) is 5.38. The van der Waals surface area contributed by atoms with E-state index >= 15 is 0 Å². The molecule has 3 rings (SSSR count). The maximum absolute atomic E-state index is 12.8. The number of thioether (sulfide) groups is 1. The van der Waals surface area contributed by atoms with Crippen LogP contribution in [0.5, 0.6) is 0 Å². The number of aryl methyl sites for hydroxylation is 1. The zero-order chi connectivity index (χ0) is 16.4. The standard InChI is InChI=1S/C16H18ClNO2S3/c1-12-6-7-16(22-12)23(19,20)18-9-8-15(21-11-10-18)13-4-2-3-5-14(13)17/h2-7,15H,8-11H2,1H3. The van der Waals surface area contributed by atoms with Gasteiger partial charge in [0.1, 0.15) is 4.21 Å². The second kappa shape index (κ2) is 7.15. The van der Waals surface area contributed by atoms with Gasteiger partial charge in [-0.1, -0.05) is 29.8 Å². The summed E-state index contributed by atoms with van der Waals surface area (Å²) in [4.78, 5) is 1.02. The Morgan fingerprint density at radius 2 is 1.96 bits per heavy atom. The number of halogens is 1. The van der Waals surface area contributed by atoms with Crippen molar-refractivity contribution in [2.45, 2.75) is 22.8 Å². The Morgan fingerprint density at radius 3 is 2.65 bits per heavy atom. The van der Waals surface area contributed by atoms with E-state index in [4.69, 9.17) is 11.6 Å². The van der Waals surface area contributed by atoms with Gasteiger partial charge in [0.2, 0.25) is 0 Å². The highest BCUT2D eigenvalue weighted by atomic mass is 35.5. The fraction of sp³-hybridized carbons (Fsp3) is 0.375. The highest BCUT2D eigenvalue weighted by Gasteiger charge is 2.29. The topological polar surface area (TPSA) is 37.4 Å². The number of rotatable bonds is 3. The average molecular weight is 388 g/mol. The van der Waals surface area contributed by atoms with Crippen LogP contribution in [0.25, 0.3) is 0 Å². The molecule has 0 amide bonds. The quantitative estimate of drug-likeness (QED) is 0.773. The van der Waals surface area contributed by atoms with Crippen molar-refractivity contribution in [3.63, 3.8) is 0 Å². The number of benzene rings is 1. The fourth-order valence-electron chi connectivity index (χ4n) is 2.65. The van der Waals surface area contributed by atoms with Gasteiger partial charge in [-0.25, -0.2) is 8.42 Å². The molecule has 1 aromatic heterocycles. The summed E-state index contributed by atoms with van der Waals surface area (Å²) in [6, 6.07) is 11.4. The average Bonchev–Trinajstić information content (AvgIpc) is 2.82. The molecule has 0 N–H and O–H groups in total. The number of sulfonamides is 1. The molecule has 0 saturated carbocycles. The number of hydrogen-bond donors (Lipinski definition) is 0. The summed E-state index contributed by atoms with van der Waals surface area (Å²) in [7, 11) is -3.37. The van der Waals surface area contributed by atoms with E-state index in [-0.39, 0.29) is 5.25 Å². The fourth-order valence-corrected chi connectivity index (χ4v) is 7.26. The number of thiophene rings is 1. The lowest BCUT2D eigenvalue weighted by molar-refractivity contribution is 0.429. The predicted molar refractivity (Wildman–Crippen MR) is 99.1 cm³/mol. The summed E-state index contributed by atoms with van der Waals surface area (Å²) in [6.07, 6.45) is 0.776. The zero-order valence-corrected chi connectivity index (χ0v) is 15.9. The third kappa shape index (κ3) is 3.77. The normalized spacial score (nSPS) is 20.3. The zero-order valence-electron chi connectivity index (χ0n) is 12.7. The lowest BCUT2D eigenvalue weighted by Gasteiger charge is -2.19. The first-order chi connectivity index (χ1) is 11.0. The highest BCUT2D eigenvalue weighted by Crippen LogP contribution is 2.39. The van der Waals surface area contributed by atoms with Crippen LogP contribution >= 0.6 is 34.7 Å². The third-order valence-electron chi connectivity index (χ3n) is 3.86. The summed E-state index contributed by atoms with van der Waals surface area (Å²) in [5, 5.41) is 1.00. The van der Waals surface area contributed by atoms with Gasteiger partial charge in [-0.3, -0.25) is 0 Å². The van der Waals surface area contributed by atoms with Crippen LogP contribution in [0.15, 0.2) is 40.6 Å². The molecule has 1 fully saturated rings.